The van der Waals surface area contributed by atoms with Crippen molar-refractivity contribution in [3.8, 4) is 0 Å². The Hall–Kier alpha value is -0.900. The van der Waals surface area contributed by atoms with E-state index in [4.69, 9.17) is 0 Å². The lowest BCUT2D eigenvalue weighted by molar-refractivity contribution is 0.166. The maximum Gasteiger partial charge on any atom is 0.0771 e. The average Bonchev–Trinajstić information content (AvgIpc) is 2.55. The molecule has 2 rings (SSSR count). The van der Waals surface area contributed by atoms with Gasteiger partial charge in [0.1, 0.15) is 0 Å². The molecule has 0 saturated heterocycles. The predicted molar refractivity (Wildman–Crippen MR) is 100 cm³/mol. The predicted octanol–water partition coefficient (Wildman–Crippen LogP) is 4.99. The van der Waals surface area contributed by atoms with Crippen LogP contribution in [0.4, 0.5) is 0 Å². The molecule has 2 aromatic rings. The summed E-state index contributed by atoms with van der Waals surface area (Å²) in [4.78, 5) is 0. The first-order valence-electron chi connectivity index (χ1n) is 7.55. The van der Waals surface area contributed by atoms with Gasteiger partial charge in [-0.3, -0.25) is 0 Å². The quantitative estimate of drug-likeness (QED) is 0.735. The fourth-order valence-electron chi connectivity index (χ4n) is 2.00. The zero-order chi connectivity index (χ0) is 15.8. The molecule has 0 bridgehead atoms. The van der Waals surface area contributed by atoms with E-state index in [0.29, 0.717) is 0 Å². The highest BCUT2D eigenvalue weighted by Crippen LogP contribution is 2.33. The molecule has 0 aliphatic heterocycles. The molecule has 3 heteroatoms. The molecule has 0 saturated carbocycles. The summed E-state index contributed by atoms with van der Waals surface area (Å²) in [6, 6.07) is 20.9. The maximum absolute atomic E-state index is 10.5. The molecule has 118 valence electrons. The SMILES string of the molecule is CC(C)(SCc1ccccc1)C(O)CSCc1ccccc1. The van der Waals surface area contributed by atoms with E-state index in [0.717, 1.165) is 17.3 Å². The van der Waals surface area contributed by atoms with Crippen LogP contribution in [0.25, 0.3) is 0 Å². The average molecular weight is 333 g/mol. The standard InChI is InChI=1S/C19H24OS2/c1-19(2,22-14-17-11-7-4-8-12-17)18(20)15-21-13-16-9-5-3-6-10-16/h3-12,18,20H,13-15H2,1-2H3. The lowest BCUT2D eigenvalue weighted by atomic mass is 10.1. The third kappa shape index (κ3) is 5.71. The summed E-state index contributed by atoms with van der Waals surface area (Å²) in [5.41, 5.74) is 2.62. The lowest BCUT2D eigenvalue weighted by Crippen LogP contribution is -2.35. The first kappa shape index (κ1) is 17.5. The van der Waals surface area contributed by atoms with E-state index in [-0.39, 0.29) is 10.9 Å². The summed E-state index contributed by atoms with van der Waals surface area (Å²) < 4.78 is -0.139. The van der Waals surface area contributed by atoms with Crippen molar-refractivity contribution in [3.63, 3.8) is 0 Å². The number of hydrogen-bond acceptors (Lipinski definition) is 3. The molecule has 0 fully saturated rings. The molecule has 22 heavy (non-hydrogen) atoms. The Bertz CT molecular complexity index is 540. The third-order valence-electron chi connectivity index (χ3n) is 3.64. The molecular weight excluding hydrogens is 308 g/mol. The maximum atomic E-state index is 10.5. The summed E-state index contributed by atoms with van der Waals surface area (Å²) >= 11 is 3.62. The number of benzene rings is 2. The molecule has 1 atom stereocenters. The van der Waals surface area contributed by atoms with E-state index in [9.17, 15) is 5.11 Å². The van der Waals surface area contributed by atoms with Gasteiger partial charge in [0.25, 0.3) is 0 Å². The second-order valence-electron chi connectivity index (χ2n) is 5.89. The van der Waals surface area contributed by atoms with Gasteiger partial charge >= 0.3 is 0 Å². The van der Waals surface area contributed by atoms with Crippen LogP contribution in [-0.2, 0) is 11.5 Å². The van der Waals surface area contributed by atoms with Crippen molar-refractivity contribution in [3.05, 3.63) is 71.8 Å². The normalized spacial score (nSPS) is 13.0. The van der Waals surface area contributed by atoms with Crippen LogP contribution in [0.1, 0.15) is 25.0 Å². The zero-order valence-corrected chi connectivity index (χ0v) is 14.9. The van der Waals surface area contributed by atoms with Crippen molar-refractivity contribution in [2.45, 2.75) is 36.2 Å². The Labute approximate surface area is 142 Å². The van der Waals surface area contributed by atoms with Crippen LogP contribution in [0.3, 0.4) is 0 Å². The van der Waals surface area contributed by atoms with E-state index < -0.39 is 0 Å². The first-order valence-corrected chi connectivity index (χ1v) is 9.69. The molecule has 0 radical (unpaired) electrons. The molecule has 0 heterocycles. The Morgan fingerprint density at radius 2 is 1.36 bits per heavy atom. The summed E-state index contributed by atoms with van der Waals surface area (Å²) in [5, 5.41) is 10.5. The summed E-state index contributed by atoms with van der Waals surface area (Å²) in [5.74, 6) is 2.66. The van der Waals surface area contributed by atoms with Crippen LogP contribution >= 0.6 is 23.5 Å². The van der Waals surface area contributed by atoms with Gasteiger partial charge in [0.05, 0.1) is 6.10 Å². The topological polar surface area (TPSA) is 20.2 Å². The van der Waals surface area contributed by atoms with Gasteiger partial charge in [-0.2, -0.15) is 11.8 Å². The number of aliphatic hydroxyl groups excluding tert-OH is 1. The highest BCUT2D eigenvalue weighted by atomic mass is 32.2. The largest absolute Gasteiger partial charge is 0.391 e. The van der Waals surface area contributed by atoms with Crippen LogP contribution in [-0.4, -0.2) is 21.7 Å². The van der Waals surface area contributed by atoms with Gasteiger partial charge in [-0.05, 0) is 25.0 Å². The Balaban J connectivity index is 1.76. The van der Waals surface area contributed by atoms with Crippen molar-refractivity contribution in [2.75, 3.05) is 5.75 Å². The summed E-state index contributed by atoms with van der Waals surface area (Å²) in [7, 11) is 0. The fourth-order valence-corrected chi connectivity index (χ4v) is 4.30. The van der Waals surface area contributed by atoms with Crippen LogP contribution < -0.4 is 0 Å². The Morgan fingerprint density at radius 1 is 0.864 bits per heavy atom. The molecule has 0 aliphatic carbocycles. The number of hydrogen-bond donors (Lipinski definition) is 1. The minimum atomic E-state index is -0.310. The second-order valence-corrected chi connectivity index (χ2v) is 8.55. The van der Waals surface area contributed by atoms with Crippen molar-refractivity contribution in [2.24, 2.45) is 0 Å². The Kier molecular flexibility index (Phi) is 6.87. The smallest absolute Gasteiger partial charge is 0.0771 e. The lowest BCUT2D eigenvalue weighted by Gasteiger charge is -2.30. The van der Waals surface area contributed by atoms with Crippen molar-refractivity contribution < 1.29 is 5.11 Å². The summed E-state index contributed by atoms with van der Waals surface area (Å²) in [6.45, 7) is 4.27. The van der Waals surface area contributed by atoms with E-state index in [1.54, 1.807) is 11.8 Å². The first-order chi connectivity index (χ1) is 10.6. The molecular formula is C19H24OS2. The molecule has 1 nitrogen and oxygen atoms in total. The minimum absolute atomic E-state index is 0.139. The summed E-state index contributed by atoms with van der Waals surface area (Å²) in [6.07, 6.45) is -0.310. The number of thioether (sulfide) groups is 2. The molecule has 0 aromatic heterocycles. The highest BCUT2D eigenvalue weighted by molar-refractivity contribution is 8.00. The van der Waals surface area contributed by atoms with E-state index in [1.807, 2.05) is 23.9 Å². The van der Waals surface area contributed by atoms with Crippen molar-refractivity contribution in [1.29, 1.82) is 0 Å². The van der Waals surface area contributed by atoms with Crippen molar-refractivity contribution in [1.82, 2.24) is 0 Å². The van der Waals surface area contributed by atoms with Gasteiger partial charge in [-0.1, -0.05) is 60.7 Å². The molecule has 0 amide bonds. The molecule has 1 N–H and O–H groups in total. The van der Waals surface area contributed by atoms with E-state index >= 15 is 0 Å². The van der Waals surface area contributed by atoms with Crippen LogP contribution in [0.5, 0.6) is 0 Å². The fraction of sp³-hybridized carbons (Fsp3) is 0.368. The van der Waals surface area contributed by atoms with Gasteiger partial charge in [-0.25, -0.2) is 0 Å². The van der Waals surface area contributed by atoms with Gasteiger partial charge in [-0.15, -0.1) is 11.8 Å². The molecule has 0 spiro atoms. The van der Waals surface area contributed by atoms with Crippen LogP contribution in [0.2, 0.25) is 0 Å². The van der Waals surface area contributed by atoms with E-state index in [2.05, 4.69) is 62.4 Å². The second kappa shape index (κ2) is 8.66. The number of aliphatic hydroxyl groups is 1. The van der Waals surface area contributed by atoms with Crippen molar-refractivity contribution >= 4 is 23.5 Å². The number of rotatable bonds is 8. The monoisotopic (exact) mass is 332 g/mol. The van der Waals surface area contributed by atoms with Crippen LogP contribution in [0.15, 0.2) is 60.7 Å². The zero-order valence-electron chi connectivity index (χ0n) is 13.2. The van der Waals surface area contributed by atoms with Gasteiger partial charge < -0.3 is 5.11 Å². The minimum Gasteiger partial charge on any atom is -0.391 e. The Morgan fingerprint density at radius 3 is 1.91 bits per heavy atom. The van der Waals surface area contributed by atoms with Gasteiger partial charge in [0, 0.05) is 22.0 Å². The highest BCUT2D eigenvalue weighted by Gasteiger charge is 2.28. The van der Waals surface area contributed by atoms with Gasteiger partial charge in [0.2, 0.25) is 0 Å². The molecule has 0 aliphatic rings. The van der Waals surface area contributed by atoms with E-state index in [1.165, 1.54) is 11.1 Å². The third-order valence-corrected chi connectivity index (χ3v) is 6.23. The van der Waals surface area contributed by atoms with Crippen LogP contribution in [0, 0.1) is 0 Å². The molecule has 1 unspecified atom stereocenters. The molecule has 2 aromatic carbocycles. The van der Waals surface area contributed by atoms with Gasteiger partial charge in [0.15, 0.2) is 0 Å².